The van der Waals surface area contributed by atoms with E-state index in [9.17, 15) is 9.18 Å². The highest BCUT2D eigenvalue weighted by atomic mass is 32.1. The minimum absolute atomic E-state index is 0.239. The van der Waals surface area contributed by atoms with Gasteiger partial charge in [-0.1, -0.05) is 6.07 Å². The van der Waals surface area contributed by atoms with Gasteiger partial charge in [0.25, 0.3) is 5.91 Å². The van der Waals surface area contributed by atoms with Crippen LogP contribution in [0.25, 0.3) is 0 Å². The number of hydrogen-bond acceptors (Lipinski definition) is 4. The number of thiazole rings is 1. The maximum atomic E-state index is 13.7. The molecular weight excluding hydrogens is 277 g/mol. The molecule has 2 N–H and O–H groups in total. The number of aromatic nitrogens is 1. The zero-order valence-corrected chi connectivity index (χ0v) is 12.2. The Balaban J connectivity index is 2.10. The highest BCUT2D eigenvalue weighted by Crippen LogP contribution is 2.20. The lowest BCUT2D eigenvalue weighted by molar-refractivity contribution is 0.0951. The Morgan fingerprint density at radius 1 is 1.45 bits per heavy atom. The van der Waals surface area contributed by atoms with E-state index in [1.165, 1.54) is 23.5 Å². The minimum atomic E-state index is -0.426. The molecule has 0 spiro atoms. The van der Waals surface area contributed by atoms with Gasteiger partial charge in [0.05, 0.1) is 17.8 Å². The summed E-state index contributed by atoms with van der Waals surface area (Å²) in [6.45, 7) is 4.71. The van der Waals surface area contributed by atoms with Crippen molar-refractivity contribution < 1.29 is 9.18 Å². The van der Waals surface area contributed by atoms with Gasteiger partial charge in [-0.25, -0.2) is 9.37 Å². The predicted molar refractivity (Wildman–Crippen MR) is 78.6 cm³/mol. The van der Waals surface area contributed by atoms with Crippen LogP contribution in [0.4, 0.5) is 10.1 Å². The molecule has 4 nitrogen and oxygen atoms in total. The number of carbonyl (C=O) groups excluding carboxylic acids is 1. The van der Waals surface area contributed by atoms with E-state index >= 15 is 0 Å². The number of anilines is 1. The average Bonchev–Trinajstić information content (AvgIpc) is 2.84. The van der Waals surface area contributed by atoms with Gasteiger partial charge in [-0.2, -0.15) is 0 Å². The van der Waals surface area contributed by atoms with Crippen LogP contribution < -0.4 is 10.6 Å². The van der Waals surface area contributed by atoms with Gasteiger partial charge in [-0.3, -0.25) is 4.79 Å². The second-order valence-electron chi connectivity index (χ2n) is 4.24. The lowest BCUT2D eigenvalue weighted by Gasteiger charge is -2.11. The molecular formula is C14H16FN3OS. The van der Waals surface area contributed by atoms with Crippen LogP contribution in [-0.2, 0) is 6.54 Å². The van der Waals surface area contributed by atoms with Crippen molar-refractivity contribution in [3.63, 3.8) is 0 Å². The van der Waals surface area contributed by atoms with Gasteiger partial charge in [0.1, 0.15) is 10.8 Å². The number of hydrogen-bond donors (Lipinski definition) is 2. The first-order valence-corrected chi connectivity index (χ1v) is 7.15. The minimum Gasteiger partial charge on any atom is -0.382 e. The number of nitrogens with zero attached hydrogens (tertiary/aromatic N) is 1. The Kier molecular flexibility index (Phi) is 4.68. The quantitative estimate of drug-likeness (QED) is 0.891. The molecule has 0 atom stereocenters. The van der Waals surface area contributed by atoms with Crippen LogP contribution in [0.1, 0.15) is 27.2 Å². The molecule has 0 aliphatic rings. The lowest BCUT2D eigenvalue weighted by Crippen LogP contribution is -2.24. The maximum absolute atomic E-state index is 13.7. The molecule has 1 aromatic carbocycles. The molecule has 0 saturated carbocycles. The van der Waals surface area contributed by atoms with Crippen molar-refractivity contribution in [3.05, 3.63) is 45.7 Å². The summed E-state index contributed by atoms with van der Waals surface area (Å²) in [7, 11) is 0. The first kappa shape index (κ1) is 14.5. The molecule has 1 heterocycles. The molecule has 0 fully saturated rings. The fourth-order valence-corrected chi connectivity index (χ4v) is 2.53. The zero-order valence-electron chi connectivity index (χ0n) is 11.4. The molecule has 0 aliphatic carbocycles. The van der Waals surface area contributed by atoms with Crippen LogP contribution >= 0.6 is 11.3 Å². The molecule has 0 radical (unpaired) electrons. The fourth-order valence-electron chi connectivity index (χ4n) is 1.80. The largest absolute Gasteiger partial charge is 0.382 e. The van der Waals surface area contributed by atoms with Crippen molar-refractivity contribution in [2.45, 2.75) is 20.4 Å². The second kappa shape index (κ2) is 6.47. The van der Waals surface area contributed by atoms with Gasteiger partial charge in [0, 0.05) is 17.6 Å². The Bertz CT molecular complexity index is 612. The molecule has 0 bridgehead atoms. The summed E-state index contributed by atoms with van der Waals surface area (Å²) >= 11 is 1.53. The van der Waals surface area contributed by atoms with Crippen molar-refractivity contribution in [3.8, 4) is 0 Å². The summed E-state index contributed by atoms with van der Waals surface area (Å²) in [5.74, 6) is -0.738. The summed E-state index contributed by atoms with van der Waals surface area (Å²) in [6, 6.07) is 4.46. The third-order valence-corrected chi connectivity index (χ3v) is 3.59. The van der Waals surface area contributed by atoms with Crippen molar-refractivity contribution in [1.29, 1.82) is 0 Å². The summed E-state index contributed by atoms with van der Waals surface area (Å²) in [6.07, 6.45) is 1.76. The first-order valence-electron chi connectivity index (χ1n) is 6.33. The highest BCUT2D eigenvalue weighted by molar-refractivity contribution is 7.11. The monoisotopic (exact) mass is 293 g/mol. The average molecular weight is 293 g/mol. The first-order chi connectivity index (χ1) is 9.61. The Morgan fingerprint density at radius 2 is 2.25 bits per heavy atom. The molecule has 0 aliphatic heterocycles. The SMILES string of the molecule is CCNc1c(F)cccc1C(=O)NCc1ncc(C)s1. The van der Waals surface area contributed by atoms with Gasteiger partial charge < -0.3 is 10.6 Å². The molecule has 0 saturated heterocycles. The van der Waals surface area contributed by atoms with Crippen LogP contribution in [0.5, 0.6) is 0 Å². The molecule has 6 heteroatoms. The zero-order chi connectivity index (χ0) is 14.5. The molecule has 106 valence electrons. The molecule has 0 unspecified atom stereocenters. The van der Waals surface area contributed by atoms with E-state index in [0.717, 1.165) is 9.88 Å². The standard InChI is InChI=1S/C14H16FN3OS/c1-3-16-13-10(5-4-6-11(13)15)14(19)18-8-12-17-7-9(2)20-12/h4-7,16H,3,8H2,1-2H3,(H,18,19). The number of amides is 1. The van der Waals surface area contributed by atoms with E-state index < -0.39 is 5.82 Å². The van der Waals surface area contributed by atoms with Crippen molar-refractivity contribution in [2.24, 2.45) is 0 Å². The predicted octanol–water partition coefficient (Wildman–Crippen LogP) is 2.95. The summed E-state index contributed by atoms with van der Waals surface area (Å²) in [5, 5.41) is 6.47. The number of aryl methyl sites for hydroxylation is 1. The Labute approximate surface area is 121 Å². The maximum Gasteiger partial charge on any atom is 0.253 e. The van der Waals surface area contributed by atoms with Crippen molar-refractivity contribution >= 4 is 22.9 Å². The number of rotatable bonds is 5. The number of nitrogens with one attached hydrogen (secondary N) is 2. The smallest absolute Gasteiger partial charge is 0.253 e. The van der Waals surface area contributed by atoms with Gasteiger partial charge in [-0.15, -0.1) is 11.3 Å². The van der Waals surface area contributed by atoms with Gasteiger partial charge in [0.2, 0.25) is 0 Å². The Morgan fingerprint density at radius 3 is 2.90 bits per heavy atom. The van der Waals surface area contributed by atoms with Crippen LogP contribution in [-0.4, -0.2) is 17.4 Å². The molecule has 2 aromatic rings. The third kappa shape index (κ3) is 3.33. The van der Waals surface area contributed by atoms with Crippen molar-refractivity contribution in [1.82, 2.24) is 10.3 Å². The van der Waals surface area contributed by atoms with Crippen LogP contribution in [0.3, 0.4) is 0 Å². The highest BCUT2D eigenvalue weighted by Gasteiger charge is 2.14. The van der Waals surface area contributed by atoms with Gasteiger partial charge in [-0.05, 0) is 26.0 Å². The van der Waals surface area contributed by atoms with E-state index in [4.69, 9.17) is 0 Å². The molecule has 2 rings (SSSR count). The van der Waals surface area contributed by atoms with E-state index in [0.29, 0.717) is 18.7 Å². The van der Waals surface area contributed by atoms with Crippen LogP contribution in [0.15, 0.2) is 24.4 Å². The number of benzene rings is 1. The summed E-state index contributed by atoms with van der Waals surface area (Å²) < 4.78 is 13.7. The topological polar surface area (TPSA) is 54.0 Å². The lowest BCUT2D eigenvalue weighted by atomic mass is 10.1. The van der Waals surface area contributed by atoms with Gasteiger partial charge in [0.15, 0.2) is 0 Å². The van der Waals surface area contributed by atoms with Crippen LogP contribution in [0.2, 0.25) is 0 Å². The number of carbonyl (C=O) groups is 1. The normalized spacial score (nSPS) is 10.3. The third-order valence-electron chi connectivity index (χ3n) is 2.68. The van der Waals surface area contributed by atoms with Gasteiger partial charge >= 0.3 is 0 Å². The summed E-state index contributed by atoms with van der Waals surface area (Å²) in [4.78, 5) is 17.4. The van der Waals surface area contributed by atoms with E-state index in [1.54, 1.807) is 12.3 Å². The van der Waals surface area contributed by atoms with E-state index in [2.05, 4.69) is 15.6 Å². The number of halogens is 1. The second-order valence-corrected chi connectivity index (χ2v) is 5.56. The molecule has 1 aromatic heterocycles. The van der Waals surface area contributed by atoms with Crippen LogP contribution in [0, 0.1) is 12.7 Å². The number of para-hydroxylation sites is 1. The molecule has 20 heavy (non-hydrogen) atoms. The summed E-state index contributed by atoms with van der Waals surface area (Å²) in [5.41, 5.74) is 0.544. The molecule has 1 amide bonds. The van der Waals surface area contributed by atoms with Crippen molar-refractivity contribution in [2.75, 3.05) is 11.9 Å². The fraction of sp³-hybridized carbons (Fsp3) is 0.286. The Hall–Kier alpha value is -1.95. The van der Waals surface area contributed by atoms with E-state index in [-0.39, 0.29) is 11.6 Å². The van der Waals surface area contributed by atoms with E-state index in [1.807, 2.05) is 13.8 Å².